The van der Waals surface area contributed by atoms with E-state index in [1.165, 1.54) is 48.2 Å². The quantitative estimate of drug-likeness (QED) is 0.00600. The molecule has 32 heteroatoms. The predicted octanol–water partition coefficient (Wildman–Crippen LogP) is 7.67. The number of carbonyl (C=O) groups is 1. The van der Waals surface area contributed by atoms with Crippen LogP contribution in [-0.4, -0.2) is 114 Å². The Hall–Kier alpha value is -6.28. The van der Waals surface area contributed by atoms with Gasteiger partial charge in [-0.3, -0.25) is 38.3 Å². The van der Waals surface area contributed by atoms with Crippen molar-refractivity contribution in [3.05, 3.63) is 143 Å². The number of hydrogen-bond donors (Lipinski definition) is 8. The van der Waals surface area contributed by atoms with E-state index in [0.717, 1.165) is 40.0 Å². The molecule has 28 nitrogen and oxygen atoms in total. The largest absolute Gasteiger partial charge is 0.495 e. The van der Waals surface area contributed by atoms with Crippen LogP contribution in [0.4, 0.5) is 17.1 Å². The highest BCUT2D eigenvalue weighted by Crippen LogP contribution is 2.66. The number of phosphoric acid groups is 3. The van der Waals surface area contributed by atoms with E-state index < -0.39 is 104 Å². The maximum absolute atomic E-state index is 13.1. The molecule has 7 rings (SSSR count). The number of unbranched alkanes of at least 4 members (excludes halogenated alkanes) is 2. The lowest BCUT2D eigenvalue weighted by Crippen LogP contribution is -2.35. The molecule has 484 valence electrons. The summed E-state index contributed by atoms with van der Waals surface area (Å²) in [6.07, 6.45) is 3.37. The van der Waals surface area contributed by atoms with Crippen molar-refractivity contribution in [2.45, 2.75) is 141 Å². The van der Waals surface area contributed by atoms with Gasteiger partial charge in [0.25, 0.3) is 21.4 Å². The number of fused-ring (bicyclic) bond motifs is 2. The van der Waals surface area contributed by atoms with E-state index in [1.807, 2.05) is 19.9 Å². The van der Waals surface area contributed by atoms with Gasteiger partial charge in [-0.05, 0) is 81.9 Å². The number of aromatic nitrogens is 2. The van der Waals surface area contributed by atoms with Gasteiger partial charge in [0.15, 0.2) is 5.71 Å². The van der Waals surface area contributed by atoms with Crippen LogP contribution >= 0.6 is 23.5 Å². The Kier molecular flexibility index (Phi) is 21.5. The second kappa shape index (κ2) is 27.3. The van der Waals surface area contributed by atoms with Crippen molar-refractivity contribution in [3.8, 4) is 17.6 Å². The van der Waals surface area contributed by atoms with E-state index >= 15 is 0 Å². The number of aromatic amines is 1. The van der Waals surface area contributed by atoms with Gasteiger partial charge in [0.2, 0.25) is 11.6 Å². The van der Waals surface area contributed by atoms with Crippen LogP contribution in [0.25, 0.3) is 0 Å². The normalized spacial score (nSPS) is 20.2. The zero-order valence-electron chi connectivity index (χ0n) is 50.6. The Balaban J connectivity index is 0.983. The first-order chi connectivity index (χ1) is 41.3. The standard InChI is InChI=1S/C57H73N6O22P3S/c1-11-60-42-23-21-35(2)27-40(42)56(6,7)48(60)18-15-19-49-57(8,9)41-29-38(89(77,78)79)22-24-43(41)61(49)26-14-12-13-20-50(65)58-25-16-17-36-28-44(63(68)69)39(30-46(36)80-10)52(55(3,4)5)81-33-37-32-62(54(67)59-53(37)66)51-31-45(64)47(83-51)34-82-87(73,74)85-88(75,76)84-86(70,71)72/h15,18-19,21-24,27-30,32,45,47,51-52,64H,11-14,20,25-26,31,33-34H2,1-10H3,(H6-,58,59,65,66,67,70,71,72,73,74,75,76,77,78,79)/p+1/t45?,47-,51-,52-/m1/s1. The van der Waals surface area contributed by atoms with Crippen LogP contribution in [0.5, 0.6) is 5.75 Å². The number of nitro groups is 1. The first-order valence-electron chi connectivity index (χ1n) is 28.0. The Labute approximate surface area is 513 Å². The third-order valence-electron chi connectivity index (χ3n) is 15.3. The monoisotopic (exact) mass is 1320 g/mol. The van der Waals surface area contributed by atoms with Crippen molar-refractivity contribution in [3.63, 3.8) is 0 Å². The highest BCUT2D eigenvalue weighted by molar-refractivity contribution is 7.85. The summed E-state index contributed by atoms with van der Waals surface area (Å²) < 4.78 is 102. The molecule has 0 bridgehead atoms. The topological polar surface area (TPSA) is 395 Å². The second-order valence-electron chi connectivity index (χ2n) is 23.6. The number of benzene rings is 3. The summed E-state index contributed by atoms with van der Waals surface area (Å²) in [4.78, 5) is 92.3. The molecule has 4 heterocycles. The molecule has 0 saturated carbocycles. The lowest BCUT2D eigenvalue weighted by molar-refractivity contribution is -0.438. The van der Waals surface area contributed by atoms with Crippen LogP contribution in [-0.2, 0) is 68.7 Å². The molecule has 89 heavy (non-hydrogen) atoms. The molecular formula is C57H74N6O22P3S+. The van der Waals surface area contributed by atoms with Crippen LogP contribution < -0.4 is 26.2 Å². The van der Waals surface area contributed by atoms with Crippen molar-refractivity contribution in [1.82, 2.24) is 14.9 Å². The zero-order valence-corrected chi connectivity index (χ0v) is 54.1. The molecular weight excluding hydrogens is 1250 g/mol. The second-order valence-corrected chi connectivity index (χ2v) is 29.4. The number of aryl methyl sites for hydroxylation is 1. The number of rotatable bonds is 25. The van der Waals surface area contributed by atoms with E-state index in [2.05, 4.69) is 103 Å². The van der Waals surface area contributed by atoms with Crippen LogP contribution in [0, 0.1) is 34.3 Å². The first kappa shape index (κ1) is 70.2. The van der Waals surface area contributed by atoms with E-state index in [4.69, 9.17) is 24.0 Å². The van der Waals surface area contributed by atoms with Gasteiger partial charge < -0.3 is 49.1 Å². The summed E-state index contributed by atoms with van der Waals surface area (Å²) in [5, 5.41) is 26.1. The molecule has 3 aliphatic heterocycles. The predicted molar refractivity (Wildman–Crippen MR) is 324 cm³/mol. The minimum absolute atomic E-state index is 0.0322. The van der Waals surface area contributed by atoms with Crippen LogP contribution in [0.3, 0.4) is 0 Å². The molecule has 3 aromatic carbocycles. The van der Waals surface area contributed by atoms with Crippen molar-refractivity contribution < 1.29 is 93.0 Å². The number of carbonyl (C=O) groups excluding carboxylic acids is 1. The average molecular weight is 1320 g/mol. The number of phosphoric ester groups is 1. The number of amides is 1. The molecule has 6 atom stereocenters. The number of aliphatic hydroxyl groups excluding tert-OH is 1. The van der Waals surface area contributed by atoms with Gasteiger partial charge in [0.05, 0.1) is 71.0 Å². The van der Waals surface area contributed by atoms with E-state index in [-0.39, 0.29) is 58.0 Å². The Bertz CT molecular complexity index is 3970. The molecule has 3 unspecified atom stereocenters. The van der Waals surface area contributed by atoms with E-state index in [0.29, 0.717) is 25.8 Å². The first-order valence-corrected chi connectivity index (χ1v) is 34.0. The molecule has 1 amide bonds. The summed E-state index contributed by atoms with van der Waals surface area (Å²) in [5.41, 5.74) is 3.00. The number of H-pyrrole nitrogens is 1. The molecule has 4 aromatic rings. The fourth-order valence-electron chi connectivity index (χ4n) is 11.1. The van der Waals surface area contributed by atoms with Gasteiger partial charge in [-0.15, -0.1) is 0 Å². The number of nitro benzene ring substituents is 1. The van der Waals surface area contributed by atoms with Crippen molar-refractivity contribution in [1.29, 1.82) is 0 Å². The smallest absolute Gasteiger partial charge is 0.490 e. The van der Waals surface area contributed by atoms with Gasteiger partial charge in [-0.2, -0.15) is 21.6 Å². The number of aliphatic hydroxyl groups is 1. The summed E-state index contributed by atoms with van der Waals surface area (Å²) >= 11 is 0. The number of ether oxygens (including phenoxy) is 3. The Morgan fingerprint density at radius 1 is 1.00 bits per heavy atom. The minimum atomic E-state index is -5.85. The zero-order chi connectivity index (χ0) is 66.0. The lowest BCUT2D eigenvalue weighted by Gasteiger charge is -2.31. The highest BCUT2D eigenvalue weighted by atomic mass is 32.2. The number of anilines is 1. The van der Waals surface area contributed by atoms with Gasteiger partial charge in [0, 0.05) is 72.6 Å². The summed E-state index contributed by atoms with van der Waals surface area (Å²) in [6, 6.07) is 13.7. The SMILES string of the molecule is CCN1C(=CC=CC2=[N+](CCCCCC(=O)NCC#Cc3cc([N+](=O)[O-])c([C@@H](OCc4cn([C@H]5CC(O)[C@@H](COP(=O)(O)OP(=O)(O)OP(=O)(O)O)O5)c(=O)[nH]c4=O)C(C)(C)C)cc3OC)c3ccc(S(=O)(=O)O)cc3C2(C)C)C(C)(C)c2cc(C)ccc21. The third kappa shape index (κ3) is 16.8. The maximum Gasteiger partial charge on any atom is 0.490 e. The molecule has 3 aliphatic rings. The number of likely N-dealkylation sites (N-methyl/N-ethyl adjacent to an activating group) is 1. The van der Waals surface area contributed by atoms with Gasteiger partial charge in [-0.1, -0.05) is 70.2 Å². The van der Waals surface area contributed by atoms with Crippen molar-refractivity contribution >= 4 is 62.3 Å². The number of nitrogens with one attached hydrogen (secondary N) is 2. The molecule has 1 saturated heterocycles. The van der Waals surface area contributed by atoms with E-state index in [9.17, 15) is 66.1 Å². The molecule has 0 radical (unpaired) electrons. The molecule has 0 spiro atoms. The lowest BCUT2D eigenvalue weighted by atomic mass is 9.81. The summed E-state index contributed by atoms with van der Waals surface area (Å²) in [7, 11) is -20.3. The fourth-order valence-corrected chi connectivity index (χ4v) is 14.6. The van der Waals surface area contributed by atoms with Crippen LogP contribution in [0.15, 0.2) is 93.1 Å². The van der Waals surface area contributed by atoms with Gasteiger partial charge >= 0.3 is 29.2 Å². The molecule has 0 aliphatic carbocycles. The van der Waals surface area contributed by atoms with Crippen molar-refractivity contribution in [2.75, 3.05) is 38.3 Å². The molecule has 1 aromatic heterocycles. The molecule has 1 fully saturated rings. The molecule has 8 N–H and O–H groups in total. The van der Waals surface area contributed by atoms with E-state index in [1.54, 1.807) is 26.8 Å². The maximum atomic E-state index is 13.1. The van der Waals surface area contributed by atoms with Gasteiger partial charge in [-0.25, -0.2) is 18.5 Å². The highest BCUT2D eigenvalue weighted by Gasteiger charge is 2.47. The Morgan fingerprint density at radius 2 is 1.71 bits per heavy atom. The van der Waals surface area contributed by atoms with Crippen LogP contribution in [0.1, 0.15) is 133 Å². The van der Waals surface area contributed by atoms with Crippen molar-refractivity contribution in [2.24, 2.45) is 5.41 Å². The number of allylic oxidation sites excluding steroid dienone is 4. The number of hydrogen-bond acceptors (Lipinski definition) is 18. The average Bonchev–Trinajstić information content (AvgIpc) is 1.79. The summed E-state index contributed by atoms with van der Waals surface area (Å²) in [6.45, 7) is 17.4. The number of nitrogens with zero attached hydrogens (tertiary/aromatic N) is 4. The summed E-state index contributed by atoms with van der Waals surface area (Å²) in [5.74, 6) is 5.51. The fraction of sp³-hybridized carbons (Fsp3) is 0.474. The number of methoxy groups -OCH3 is 1. The van der Waals surface area contributed by atoms with Crippen LogP contribution in [0.2, 0.25) is 0 Å². The third-order valence-corrected chi connectivity index (χ3v) is 20.0. The van der Waals surface area contributed by atoms with Gasteiger partial charge in [0.1, 0.15) is 24.6 Å². The minimum Gasteiger partial charge on any atom is -0.495 e. The Morgan fingerprint density at radius 3 is 2.35 bits per heavy atom.